The van der Waals surface area contributed by atoms with Crippen LogP contribution in [0.1, 0.15) is 36.2 Å². The van der Waals surface area contributed by atoms with E-state index >= 15 is 0 Å². The fourth-order valence-electron chi connectivity index (χ4n) is 2.44. The first-order valence-electron chi connectivity index (χ1n) is 8.23. The van der Waals surface area contributed by atoms with Crippen molar-refractivity contribution >= 4 is 28.9 Å². The molecule has 2 amide bonds. The van der Waals surface area contributed by atoms with E-state index in [0.29, 0.717) is 28.9 Å². The van der Waals surface area contributed by atoms with Crippen LogP contribution in [0.2, 0.25) is 0 Å². The van der Waals surface area contributed by atoms with Crippen molar-refractivity contribution in [2.75, 3.05) is 10.6 Å². The summed E-state index contributed by atoms with van der Waals surface area (Å²) in [5.74, 6) is -0.198. The average molecular weight is 355 g/mol. The van der Waals surface area contributed by atoms with Gasteiger partial charge in [0, 0.05) is 23.7 Å². The van der Waals surface area contributed by atoms with E-state index in [9.17, 15) is 19.7 Å². The van der Waals surface area contributed by atoms with E-state index in [-0.39, 0.29) is 23.4 Å². The minimum Gasteiger partial charge on any atom is -0.326 e. The number of hydrogen-bond acceptors (Lipinski definition) is 4. The lowest BCUT2D eigenvalue weighted by atomic mass is 10.1. The summed E-state index contributed by atoms with van der Waals surface area (Å²) < 4.78 is 0. The van der Waals surface area contributed by atoms with Gasteiger partial charge in [-0.15, -0.1) is 0 Å². The predicted octanol–water partition coefficient (Wildman–Crippen LogP) is 4.14. The molecule has 26 heavy (non-hydrogen) atoms. The molecule has 0 aromatic heterocycles. The molecule has 2 rings (SSSR count). The van der Waals surface area contributed by atoms with E-state index in [4.69, 9.17) is 0 Å². The number of nitro benzene ring substituents is 1. The number of amides is 2. The van der Waals surface area contributed by atoms with Gasteiger partial charge in [0.05, 0.1) is 16.2 Å². The topological polar surface area (TPSA) is 101 Å². The molecule has 2 aromatic rings. The van der Waals surface area contributed by atoms with Gasteiger partial charge < -0.3 is 10.6 Å². The zero-order valence-electron chi connectivity index (χ0n) is 14.9. The Balaban J connectivity index is 2.08. The van der Waals surface area contributed by atoms with E-state index in [1.807, 2.05) is 13.8 Å². The normalized spacial score (nSPS) is 10.5. The molecule has 0 saturated heterocycles. The van der Waals surface area contributed by atoms with Gasteiger partial charge in [-0.2, -0.15) is 0 Å². The fraction of sp³-hybridized carbons (Fsp3) is 0.263. The Kier molecular flexibility index (Phi) is 6.06. The van der Waals surface area contributed by atoms with Crippen molar-refractivity contribution < 1.29 is 14.5 Å². The second-order valence-corrected chi connectivity index (χ2v) is 6.38. The third-order valence-corrected chi connectivity index (χ3v) is 3.77. The Hall–Kier alpha value is -3.22. The third kappa shape index (κ3) is 4.89. The molecule has 0 aliphatic rings. The maximum absolute atomic E-state index is 12.4. The van der Waals surface area contributed by atoms with E-state index in [0.717, 1.165) is 0 Å². The van der Waals surface area contributed by atoms with E-state index in [1.165, 1.54) is 12.1 Å². The Bertz CT molecular complexity index is 829. The van der Waals surface area contributed by atoms with Crippen molar-refractivity contribution in [3.63, 3.8) is 0 Å². The first kappa shape index (κ1) is 19.1. The van der Waals surface area contributed by atoms with Gasteiger partial charge in [-0.3, -0.25) is 19.7 Å². The lowest BCUT2D eigenvalue weighted by molar-refractivity contribution is -0.385. The predicted molar refractivity (Wildman–Crippen MR) is 100 cm³/mol. The van der Waals surface area contributed by atoms with Crippen LogP contribution < -0.4 is 10.6 Å². The summed E-state index contributed by atoms with van der Waals surface area (Å²) in [6, 6.07) is 11.0. The van der Waals surface area contributed by atoms with E-state index < -0.39 is 4.92 Å². The van der Waals surface area contributed by atoms with Crippen molar-refractivity contribution in [2.24, 2.45) is 5.92 Å². The van der Waals surface area contributed by atoms with Crippen molar-refractivity contribution in [3.05, 3.63) is 63.7 Å². The molecule has 0 aliphatic heterocycles. The summed E-state index contributed by atoms with van der Waals surface area (Å²) in [6.07, 6.45) is 0.425. The molecule has 0 spiro atoms. The molecule has 136 valence electrons. The maximum atomic E-state index is 12.4. The van der Waals surface area contributed by atoms with Crippen molar-refractivity contribution in [1.82, 2.24) is 0 Å². The van der Waals surface area contributed by atoms with Crippen LogP contribution >= 0.6 is 0 Å². The zero-order chi connectivity index (χ0) is 19.3. The highest BCUT2D eigenvalue weighted by atomic mass is 16.6. The quantitative estimate of drug-likeness (QED) is 0.600. The van der Waals surface area contributed by atoms with Gasteiger partial charge >= 0.3 is 0 Å². The van der Waals surface area contributed by atoms with Gasteiger partial charge in [0.25, 0.3) is 11.6 Å². The molecular formula is C19H21N3O4. The molecule has 0 atom stereocenters. The summed E-state index contributed by atoms with van der Waals surface area (Å²) in [6.45, 7) is 5.51. The number of nitro groups is 1. The standard InChI is InChI=1S/C19H21N3O4/c1-12(2)11-18(23)20-15-9-7-14(8-10-15)19(24)21-16-5-4-6-17(13(16)3)22(25)26/h4-10,12H,11H2,1-3H3,(H,20,23)(H,21,24). The van der Waals surface area contributed by atoms with Gasteiger partial charge in [0.2, 0.25) is 5.91 Å². The third-order valence-electron chi connectivity index (χ3n) is 3.77. The van der Waals surface area contributed by atoms with Crippen LogP contribution in [-0.2, 0) is 4.79 Å². The van der Waals surface area contributed by atoms with Crippen molar-refractivity contribution in [2.45, 2.75) is 27.2 Å². The molecular weight excluding hydrogens is 334 g/mol. The summed E-state index contributed by atoms with van der Waals surface area (Å²) in [4.78, 5) is 34.6. The molecule has 2 N–H and O–H groups in total. The van der Waals surface area contributed by atoms with Crippen LogP contribution in [0.4, 0.5) is 17.1 Å². The number of carbonyl (C=O) groups excluding carboxylic acids is 2. The summed E-state index contributed by atoms with van der Waals surface area (Å²) >= 11 is 0. The van der Waals surface area contributed by atoms with Crippen molar-refractivity contribution in [3.8, 4) is 0 Å². The van der Waals surface area contributed by atoms with Crippen molar-refractivity contribution in [1.29, 1.82) is 0 Å². The fourth-order valence-corrected chi connectivity index (χ4v) is 2.44. The number of carbonyl (C=O) groups is 2. The number of rotatable bonds is 6. The van der Waals surface area contributed by atoms with Gasteiger partial charge in [0.1, 0.15) is 0 Å². The van der Waals surface area contributed by atoms with Gasteiger partial charge in [-0.1, -0.05) is 19.9 Å². The Morgan fingerprint density at radius 2 is 1.73 bits per heavy atom. The number of hydrogen-bond donors (Lipinski definition) is 2. The average Bonchev–Trinajstić information content (AvgIpc) is 2.56. The first-order valence-corrected chi connectivity index (χ1v) is 8.23. The van der Waals surface area contributed by atoms with Gasteiger partial charge in [0.15, 0.2) is 0 Å². The highest BCUT2D eigenvalue weighted by molar-refractivity contribution is 6.05. The maximum Gasteiger partial charge on any atom is 0.274 e. The molecule has 0 bridgehead atoms. The highest BCUT2D eigenvalue weighted by Gasteiger charge is 2.15. The molecule has 7 heteroatoms. The molecule has 0 radical (unpaired) electrons. The van der Waals surface area contributed by atoms with E-state index in [2.05, 4.69) is 10.6 Å². The SMILES string of the molecule is Cc1c(NC(=O)c2ccc(NC(=O)CC(C)C)cc2)cccc1[N+](=O)[O-]. The Morgan fingerprint density at radius 3 is 2.31 bits per heavy atom. The van der Waals surface area contributed by atoms with Crippen LogP contribution in [0.15, 0.2) is 42.5 Å². The van der Waals surface area contributed by atoms with Crippen LogP contribution in [0, 0.1) is 23.0 Å². The summed E-state index contributed by atoms with van der Waals surface area (Å²) in [5, 5.41) is 16.4. The monoisotopic (exact) mass is 355 g/mol. The number of benzene rings is 2. The minimum atomic E-state index is -0.486. The van der Waals surface area contributed by atoms with Crippen LogP contribution in [0.3, 0.4) is 0 Å². The Labute approximate surface area is 151 Å². The second-order valence-electron chi connectivity index (χ2n) is 6.38. The first-order chi connectivity index (χ1) is 12.3. The molecule has 2 aromatic carbocycles. The lowest BCUT2D eigenvalue weighted by Crippen LogP contribution is -2.15. The zero-order valence-corrected chi connectivity index (χ0v) is 14.9. The highest BCUT2D eigenvalue weighted by Crippen LogP contribution is 2.25. The lowest BCUT2D eigenvalue weighted by Gasteiger charge is -2.10. The largest absolute Gasteiger partial charge is 0.326 e. The molecule has 0 aliphatic carbocycles. The van der Waals surface area contributed by atoms with Crippen LogP contribution in [0.25, 0.3) is 0 Å². The molecule has 0 heterocycles. The van der Waals surface area contributed by atoms with Gasteiger partial charge in [-0.05, 0) is 43.2 Å². The van der Waals surface area contributed by atoms with E-state index in [1.54, 1.807) is 37.3 Å². The molecule has 0 unspecified atom stereocenters. The summed E-state index contributed by atoms with van der Waals surface area (Å²) in [7, 11) is 0. The molecule has 0 saturated carbocycles. The van der Waals surface area contributed by atoms with Crippen LogP contribution in [-0.4, -0.2) is 16.7 Å². The number of nitrogens with one attached hydrogen (secondary N) is 2. The smallest absolute Gasteiger partial charge is 0.274 e. The Morgan fingerprint density at radius 1 is 1.08 bits per heavy atom. The van der Waals surface area contributed by atoms with Gasteiger partial charge in [-0.25, -0.2) is 0 Å². The molecule has 7 nitrogen and oxygen atoms in total. The number of anilines is 2. The summed E-state index contributed by atoms with van der Waals surface area (Å²) in [5.41, 5.74) is 1.73. The second kappa shape index (κ2) is 8.24. The van der Waals surface area contributed by atoms with Crippen LogP contribution in [0.5, 0.6) is 0 Å². The number of nitrogens with zero attached hydrogens (tertiary/aromatic N) is 1. The molecule has 0 fully saturated rings. The minimum absolute atomic E-state index is 0.0500.